The third-order valence-corrected chi connectivity index (χ3v) is 0.731. The maximum absolute atomic E-state index is 10.1. The number of hydrogen-bond acceptors (Lipinski definition) is 3. The molecule has 0 saturated carbocycles. The van der Waals surface area contributed by atoms with Crippen LogP contribution in [0.25, 0.3) is 0 Å². The second-order valence-corrected chi connectivity index (χ2v) is 1.56. The minimum absolute atomic E-state index is 1.48. The first-order valence-corrected chi connectivity index (χ1v) is 2.43. The van der Waals surface area contributed by atoms with Gasteiger partial charge in [0.2, 0.25) is 0 Å². The van der Waals surface area contributed by atoms with Crippen LogP contribution in [0.4, 0.5) is 0 Å². The summed E-state index contributed by atoms with van der Waals surface area (Å²) in [5.74, 6) is -3.03. The highest BCUT2D eigenvalue weighted by Gasteiger charge is 2.12. The van der Waals surface area contributed by atoms with E-state index in [1.54, 1.807) is 0 Å². The molecule has 0 saturated heterocycles. The van der Waals surface area contributed by atoms with E-state index in [9.17, 15) is 9.59 Å². The summed E-state index contributed by atoms with van der Waals surface area (Å²) in [6, 6.07) is -1.64. The van der Waals surface area contributed by atoms with Crippen LogP contribution in [0.2, 0.25) is 0 Å². The zero-order chi connectivity index (χ0) is 9.89. The van der Waals surface area contributed by atoms with Gasteiger partial charge in [0, 0.05) is 9.14 Å². The first kappa shape index (κ1) is 5.67. The summed E-state index contributed by atoms with van der Waals surface area (Å²) < 4.78 is 13.8. The van der Waals surface area contributed by atoms with Crippen LogP contribution in [0.3, 0.4) is 0 Å². The van der Waals surface area contributed by atoms with Crippen molar-refractivity contribution in [3.8, 4) is 0 Å². The van der Waals surface area contributed by atoms with Gasteiger partial charge in [0.1, 0.15) is 6.04 Å². The number of carboxylic acids is 2. The van der Waals surface area contributed by atoms with Crippen molar-refractivity contribution in [2.75, 3.05) is 0 Å². The van der Waals surface area contributed by atoms with Crippen molar-refractivity contribution in [3.63, 3.8) is 0 Å². The molecule has 0 spiro atoms. The van der Waals surface area contributed by atoms with Gasteiger partial charge >= 0.3 is 11.9 Å². The van der Waals surface area contributed by atoms with Gasteiger partial charge in [-0.3, -0.25) is 9.59 Å². The minimum atomic E-state index is -1.82. The second kappa shape index (κ2) is 3.84. The standard InChI is InChI=1S/C5H9NO4/c6-3(5(9)10)1-2-4(7)8/h3H,1-2,6H2,(H,7,8)(H,9,10)/t3-/m0/s1/i1+1D,2+1D,3+1,4+1,5+1,6+1/t1-,2-,3+/m1. The fourth-order valence-corrected chi connectivity index (χ4v) is 0.268. The van der Waals surface area contributed by atoms with Crippen LogP contribution in [-0.4, -0.2) is 28.2 Å². The largest absolute Gasteiger partial charge is 0.481 e. The number of carboxylic acid groups (broad SMARTS) is 2. The normalized spacial score (nSPS) is 21.7. The summed E-state index contributed by atoms with van der Waals surface area (Å²) in [4.78, 5) is 20.3. The Morgan fingerprint density at radius 2 is 2.10 bits per heavy atom. The molecular formula is C5H9NO4. The van der Waals surface area contributed by atoms with Crippen molar-refractivity contribution >= 4 is 11.9 Å². The van der Waals surface area contributed by atoms with Gasteiger partial charge in [0.05, 0.1) is 0 Å². The van der Waals surface area contributed by atoms with Crippen LogP contribution >= 0.6 is 0 Å². The monoisotopic (exact) mass is 155 g/mol. The Labute approximate surface area is 60.3 Å². The van der Waals surface area contributed by atoms with E-state index in [-0.39, 0.29) is 0 Å². The predicted molar refractivity (Wildman–Crippen MR) is 32.5 cm³/mol. The summed E-state index contributed by atoms with van der Waals surface area (Å²) in [6.07, 6.45) is -3.48. The van der Waals surface area contributed by atoms with E-state index in [2.05, 4.69) is 0 Å². The summed E-state index contributed by atoms with van der Waals surface area (Å²) >= 11 is 0. The van der Waals surface area contributed by atoms with Crippen LogP contribution in [-0.2, 0) is 9.59 Å². The Bertz CT molecular complexity index is 178. The molecule has 0 bridgehead atoms. The highest BCUT2D eigenvalue weighted by molar-refractivity contribution is 5.74. The maximum atomic E-state index is 10.1. The third kappa shape index (κ3) is 3.85. The average molecular weight is 155 g/mol. The Hall–Kier alpha value is -1.10. The molecule has 10 heavy (non-hydrogen) atoms. The Balaban J connectivity index is 4.28. The van der Waals surface area contributed by atoms with E-state index in [1.165, 1.54) is 0 Å². The third-order valence-electron chi connectivity index (χ3n) is 0.731. The fourth-order valence-electron chi connectivity index (χ4n) is 0.268. The van der Waals surface area contributed by atoms with E-state index in [0.29, 0.717) is 0 Å². The molecule has 0 aromatic rings. The van der Waals surface area contributed by atoms with Crippen molar-refractivity contribution in [1.29, 1.82) is 0 Å². The number of rotatable bonds is 4. The van der Waals surface area contributed by atoms with E-state index < -0.39 is 30.8 Å². The van der Waals surface area contributed by atoms with Crippen LogP contribution in [0.1, 0.15) is 15.5 Å². The van der Waals surface area contributed by atoms with Gasteiger partial charge in [0.15, 0.2) is 0 Å². The SMILES string of the molecule is [2H][13C@@H]([13C@H]([15NH2])[13C](=O)O)[13C@@H]([2H])[13C](=O)O. The molecule has 0 heterocycles. The predicted octanol–water partition coefficient (Wildman–Crippen LogP) is -0.737. The fraction of sp³-hybridized carbons (Fsp3) is 0.600. The topological polar surface area (TPSA) is 101 Å². The maximum Gasteiger partial charge on any atom is 0.320 e. The second-order valence-electron chi connectivity index (χ2n) is 1.56. The quantitative estimate of drug-likeness (QED) is 0.366. The molecule has 5 nitrogen and oxygen atoms in total. The molecular weight excluding hydrogens is 144 g/mol. The lowest BCUT2D eigenvalue weighted by molar-refractivity contribution is -0.139. The lowest BCUT2D eigenvalue weighted by Crippen LogP contribution is -2.30. The highest BCUT2D eigenvalue weighted by Crippen LogP contribution is 1.93. The van der Waals surface area contributed by atoms with Crippen molar-refractivity contribution < 1.29 is 22.5 Å². The Morgan fingerprint density at radius 3 is 2.40 bits per heavy atom. The molecule has 0 unspecified atom stereocenters. The molecule has 4 N–H and O–H groups in total. The average Bonchev–Trinajstić information content (AvgIpc) is 2.00. The first-order valence-electron chi connectivity index (χ1n) is 3.59. The zero-order valence-corrected chi connectivity index (χ0v) is 5.02. The van der Waals surface area contributed by atoms with Crippen molar-refractivity contribution in [2.24, 2.45) is 5.73 Å². The molecule has 0 rings (SSSR count). The van der Waals surface area contributed by atoms with Crippen LogP contribution in [0.5, 0.6) is 0 Å². The van der Waals surface area contributed by atoms with Crippen molar-refractivity contribution in [2.45, 2.75) is 18.8 Å². The lowest BCUT2D eigenvalue weighted by Gasteiger charge is -2.01. The van der Waals surface area contributed by atoms with Gasteiger partial charge in [-0.05, 0) is 6.40 Å². The van der Waals surface area contributed by atoms with Crippen LogP contribution < -0.4 is 5.73 Å². The smallest absolute Gasteiger partial charge is 0.320 e. The molecule has 58 valence electrons. The lowest BCUT2D eigenvalue weighted by atomic mass is 11.1. The van der Waals surface area contributed by atoms with E-state index in [1.807, 2.05) is 0 Å². The zero-order valence-electron chi connectivity index (χ0n) is 7.02. The van der Waals surface area contributed by atoms with Gasteiger partial charge in [-0.15, -0.1) is 0 Å². The molecule has 0 aromatic heterocycles. The molecule has 5 heteroatoms. The number of aliphatic carboxylic acids is 2. The minimum Gasteiger partial charge on any atom is -0.481 e. The van der Waals surface area contributed by atoms with E-state index >= 15 is 0 Å². The van der Waals surface area contributed by atoms with Gasteiger partial charge in [-0.2, -0.15) is 0 Å². The van der Waals surface area contributed by atoms with Gasteiger partial charge < -0.3 is 15.9 Å². The van der Waals surface area contributed by atoms with Crippen molar-refractivity contribution in [3.05, 3.63) is 0 Å². The highest BCUT2D eigenvalue weighted by atomic mass is 16.5. The van der Waals surface area contributed by atoms with E-state index in [4.69, 9.17) is 18.7 Å². The summed E-state index contributed by atoms with van der Waals surface area (Å²) in [5, 5.41) is 16.5. The molecule has 0 radical (unpaired) electrons. The molecule has 0 aliphatic carbocycles. The number of carbonyl (C=O) groups is 2. The molecule has 3 atom stereocenters. The van der Waals surface area contributed by atoms with Crippen molar-refractivity contribution in [1.82, 2.24) is 0 Å². The van der Waals surface area contributed by atoms with E-state index in [0.717, 1.165) is 0 Å². The molecule has 0 aromatic carbocycles. The number of hydrogen-bond donors (Lipinski definition) is 3. The first-order chi connectivity index (χ1) is 5.37. The van der Waals surface area contributed by atoms with Crippen LogP contribution in [0, 0.1) is 0 Å². The summed E-state index contributed by atoms with van der Waals surface area (Å²) in [7, 11) is 0. The molecule has 0 aliphatic rings. The number of nitrogens with two attached hydrogens (primary N) is 1. The van der Waals surface area contributed by atoms with Gasteiger partial charge in [-0.25, -0.2) is 0 Å². The Morgan fingerprint density at radius 1 is 1.60 bits per heavy atom. The molecule has 0 amide bonds. The Kier molecular flexibility index (Phi) is 2.17. The summed E-state index contributed by atoms with van der Waals surface area (Å²) in [5.41, 5.74) is 4.93. The molecule has 0 aliphatic heterocycles. The van der Waals surface area contributed by atoms with Gasteiger partial charge in [0.25, 0.3) is 0 Å². The van der Waals surface area contributed by atoms with Gasteiger partial charge in [-0.1, -0.05) is 0 Å². The molecule has 0 fully saturated rings. The van der Waals surface area contributed by atoms with Crippen LogP contribution in [0.15, 0.2) is 0 Å². The summed E-state index contributed by atoms with van der Waals surface area (Å²) in [6.45, 7) is 0.